The molecule has 2 rings (SSSR count). The molecule has 0 aliphatic rings. The zero-order valence-electron chi connectivity index (χ0n) is 11.8. The summed E-state index contributed by atoms with van der Waals surface area (Å²) in [7, 11) is 0. The van der Waals surface area contributed by atoms with Crippen LogP contribution >= 0.6 is 11.6 Å². The van der Waals surface area contributed by atoms with Crippen LogP contribution in [0.25, 0.3) is 0 Å². The van der Waals surface area contributed by atoms with Crippen LogP contribution in [0, 0.1) is 6.92 Å². The van der Waals surface area contributed by atoms with Gasteiger partial charge in [-0.15, -0.1) is 0 Å². The molecule has 3 N–H and O–H groups in total. The fraction of sp³-hybridized carbons (Fsp3) is 0.500. The van der Waals surface area contributed by atoms with Crippen LogP contribution in [0.2, 0.25) is 5.02 Å². The maximum atomic E-state index is 6.14. The second kappa shape index (κ2) is 5.62. The molecule has 7 nitrogen and oxygen atoms in total. The second-order valence-electron chi connectivity index (χ2n) is 4.84. The van der Waals surface area contributed by atoms with Crippen molar-refractivity contribution in [1.82, 2.24) is 20.1 Å². The lowest BCUT2D eigenvalue weighted by atomic mass is 10.2. The summed E-state index contributed by atoms with van der Waals surface area (Å²) >= 11 is 6.14. The zero-order valence-corrected chi connectivity index (χ0v) is 12.6. The largest absolute Gasteiger partial charge is 0.368 e. The van der Waals surface area contributed by atoms with Gasteiger partial charge in [-0.1, -0.05) is 30.6 Å². The predicted molar refractivity (Wildman–Crippen MR) is 76.6 cm³/mol. The molecule has 2 heterocycles. The molecule has 1 unspecified atom stereocenters. The van der Waals surface area contributed by atoms with E-state index in [0.717, 1.165) is 0 Å². The van der Waals surface area contributed by atoms with Crippen LogP contribution in [0.1, 0.15) is 50.1 Å². The highest BCUT2D eigenvalue weighted by molar-refractivity contribution is 6.33. The molecule has 0 fully saturated rings. The summed E-state index contributed by atoms with van der Waals surface area (Å²) in [5.74, 6) is 1.96. The Morgan fingerprint density at radius 2 is 1.90 bits per heavy atom. The Labute approximate surface area is 121 Å². The molecule has 2 aromatic heterocycles. The molecule has 0 radical (unpaired) electrons. The van der Waals surface area contributed by atoms with Crippen LogP contribution in [0.15, 0.2) is 4.52 Å². The first-order valence-electron chi connectivity index (χ1n) is 6.28. The number of aromatic nitrogens is 4. The molecule has 0 spiro atoms. The summed E-state index contributed by atoms with van der Waals surface area (Å²) in [4.78, 5) is 12.4. The van der Waals surface area contributed by atoms with Crippen LogP contribution < -0.4 is 11.1 Å². The molecule has 8 heteroatoms. The lowest BCUT2D eigenvalue weighted by molar-refractivity contribution is 0.361. The van der Waals surface area contributed by atoms with E-state index in [-0.39, 0.29) is 17.9 Å². The van der Waals surface area contributed by atoms with Gasteiger partial charge in [0.25, 0.3) is 0 Å². The molecule has 0 aliphatic carbocycles. The van der Waals surface area contributed by atoms with Gasteiger partial charge in [0, 0.05) is 5.92 Å². The minimum absolute atomic E-state index is 0.162. The average molecular weight is 297 g/mol. The number of nitrogens with one attached hydrogen (secondary N) is 1. The van der Waals surface area contributed by atoms with Gasteiger partial charge in [0.2, 0.25) is 11.8 Å². The van der Waals surface area contributed by atoms with Gasteiger partial charge in [0.15, 0.2) is 11.6 Å². The Morgan fingerprint density at radius 1 is 1.20 bits per heavy atom. The van der Waals surface area contributed by atoms with Gasteiger partial charge >= 0.3 is 0 Å². The van der Waals surface area contributed by atoms with E-state index >= 15 is 0 Å². The van der Waals surface area contributed by atoms with E-state index < -0.39 is 0 Å². The number of halogens is 1. The smallest absolute Gasteiger partial charge is 0.248 e. The maximum absolute atomic E-state index is 6.14. The highest BCUT2D eigenvalue weighted by atomic mass is 35.5. The SMILES string of the molecule is Cc1nc(N)nc(NC(C)c2nc(C(C)C)no2)c1Cl. The number of hydrogen-bond acceptors (Lipinski definition) is 7. The van der Waals surface area contributed by atoms with E-state index in [2.05, 4.69) is 25.4 Å². The topological polar surface area (TPSA) is 103 Å². The van der Waals surface area contributed by atoms with E-state index in [1.165, 1.54) is 0 Å². The van der Waals surface area contributed by atoms with Crippen molar-refractivity contribution in [3.05, 3.63) is 22.4 Å². The minimum Gasteiger partial charge on any atom is -0.368 e. The normalized spacial score (nSPS) is 12.7. The van der Waals surface area contributed by atoms with Crippen molar-refractivity contribution in [2.24, 2.45) is 0 Å². The van der Waals surface area contributed by atoms with Crippen LogP contribution in [0.5, 0.6) is 0 Å². The van der Waals surface area contributed by atoms with Gasteiger partial charge in [0.1, 0.15) is 11.1 Å². The fourth-order valence-electron chi connectivity index (χ4n) is 1.60. The lowest BCUT2D eigenvalue weighted by Crippen LogP contribution is -2.11. The summed E-state index contributed by atoms with van der Waals surface area (Å²) in [5, 5.41) is 7.45. The Hall–Kier alpha value is -1.89. The van der Waals surface area contributed by atoms with Crippen molar-refractivity contribution in [3.8, 4) is 0 Å². The van der Waals surface area contributed by atoms with Crippen molar-refractivity contribution >= 4 is 23.4 Å². The number of nitrogen functional groups attached to an aromatic ring is 1. The molecule has 1 atom stereocenters. The first-order chi connectivity index (χ1) is 9.38. The molecule has 108 valence electrons. The summed E-state index contributed by atoms with van der Waals surface area (Å²) < 4.78 is 5.22. The zero-order chi connectivity index (χ0) is 14.9. The minimum atomic E-state index is -0.235. The first-order valence-corrected chi connectivity index (χ1v) is 6.66. The summed E-state index contributed by atoms with van der Waals surface area (Å²) in [6.45, 7) is 7.64. The Kier molecular flexibility index (Phi) is 4.08. The van der Waals surface area contributed by atoms with E-state index in [4.69, 9.17) is 21.9 Å². The number of anilines is 2. The Morgan fingerprint density at radius 3 is 2.50 bits per heavy atom. The number of rotatable bonds is 4. The van der Waals surface area contributed by atoms with Crippen LogP contribution in [0.4, 0.5) is 11.8 Å². The monoisotopic (exact) mass is 296 g/mol. The van der Waals surface area contributed by atoms with Crippen molar-refractivity contribution in [2.45, 2.75) is 39.7 Å². The average Bonchev–Trinajstić information content (AvgIpc) is 2.85. The van der Waals surface area contributed by atoms with Crippen molar-refractivity contribution < 1.29 is 4.52 Å². The van der Waals surface area contributed by atoms with E-state index in [1.54, 1.807) is 6.92 Å². The van der Waals surface area contributed by atoms with E-state index in [0.29, 0.717) is 28.2 Å². The standard InChI is InChI=1S/C12H17ClN6O/c1-5(2)9-17-11(20-19-9)7(4)15-10-8(13)6(3)16-12(14)18-10/h5,7H,1-4H3,(H3,14,15,16,18). The van der Waals surface area contributed by atoms with E-state index in [1.807, 2.05) is 20.8 Å². The van der Waals surface area contributed by atoms with Gasteiger partial charge in [-0.2, -0.15) is 9.97 Å². The van der Waals surface area contributed by atoms with Crippen molar-refractivity contribution in [1.29, 1.82) is 0 Å². The summed E-state index contributed by atoms with van der Waals surface area (Å²) in [6, 6.07) is -0.235. The molecular formula is C12H17ClN6O. The van der Waals surface area contributed by atoms with E-state index in [9.17, 15) is 0 Å². The lowest BCUT2D eigenvalue weighted by Gasteiger charge is -2.13. The molecule has 0 saturated heterocycles. The van der Waals surface area contributed by atoms with Crippen molar-refractivity contribution in [2.75, 3.05) is 11.1 Å². The first kappa shape index (κ1) is 14.5. The third-order valence-corrected chi connectivity index (χ3v) is 3.18. The highest BCUT2D eigenvalue weighted by Gasteiger charge is 2.18. The number of nitrogens with two attached hydrogens (primary N) is 1. The fourth-order valence-corrected chi connectivity index (χ4v) is 1.74. The van der Waals surface area contributed by atoms with Gasteiger partial charge in [-0.25, -0.2) is 4.98 Å². The second-order valence-corrected chi connectivity index (χ2v) is 5.22. The quantitative estimate of drug-likeness (QED) is 0.894. The molecule has 20 heavy (non-hydrogen) atoms. The maximum Gasteiger partial charge on any atom is 0.248 e. The molecule has 0 aliphatic heterocycles. The third kappa shape index (κ3) is 2.98. The Bertz CT molecular complexity index is 612. The summed E-state index contributed by atoms with van der Waals surface area (Å²) in [5.41, 5.74) is 6.23. The number of hydrogen-bond donors (Lipinski definition) is 2. The van der Waals surface area contributed by atoms with Crippen LogP contribution in [-0.4, -0.2) is 20.1 Å². The number of aryl methyl sites for hydroxylation is 1. The van der Waals surface area contributed by atoms with Crippen LogP contribution in [0.3, 0.4) is 0 Å². The predicted octanol–water partition coefficient (Wildman–Crippen LogP) is 2.70. The molecule has 2 aromatic rings. The Balaban J connectivity index is 2.20. The molecular weight excluding hydrogens is 280 g/mol. The molecule has 0 aromatic carbocycles. The van der Waals surface area contributed by atoms with Gasteiger partial charge in [-0.05, 0) is 13.8 Å². The number of nitrogens with zero attached hydrogens (tertiary/aromatic N) is 4. The van der Waals surface area contributed by atoms with Gasteiger partial charge < -0.3 is 15.6 Å². The highest BCUT2D eigenvalue weighted by Crippen LogP contribution is 2.26. The van der Waals surface area contributed by atoms with Crippen LogP contribution in [-0.2, 0) is 0 Å². The molecule has 0 saturated carbocycles. The molecule has 0 bridgehead atoms. The van der Waals surface area contributed by atoms with Gasteiger partial charge in [0.05, 0.1) is 5.69 Å². The molecule has 0 amide bonds. The van der Waals surface area contributed by atoms with Gasteiger partial charge in [-0.3, -0.25) is 0 Å². The summed E-state index contributed by atoms with van der Waals surface area (Å²) in [6.07, 6.45) is 0. The van der Waals surface area contributed by atoms with Crippen molar-refractivity contribution in [3.63, 3.8) is 0 Å². The third-order valence-electron chi connectivity index (χ3n) is 2.73.